The van der Waals surface area contributed by atoms with Crippen molar-refractivity contribution in [2.24, 2.45) is 0 Å². The number of hydrogen-bond acceptors (Lipinski definition) is 4. The maximum atomic E-state index is 11.9. The van der Waals surface area contributed by atoms with Gasteiger partial charge in [-0.2, -0.15) is 0 Å². The molecule has 2 N–H and O–H groups in total. The first-order valence-corrected chi connectivity index (χ1v) is 6.90. The van der Waals surface area contributed by atoms with Gasteiger partial charge in [0.1, 0.15) is 0 Å². The summed E-state index contributed by atoms with van der Waals surface area (Å²) in [7, 11) is 1.65. The first kappa shape index (κ1) is 16.6. The summed E-state index contributed by atoms with van der Waals surface area (Å²) in [5.41, 5.74) is 0.814. The summed E-state index contributed by atoms with van der Waals surface area (Å²) >= 11 is 0. The number of carbonyl (C=O) groups excluding carboxylic acids is 1. The van der Waals surface area contributed by atoms with E-state index in [0.29, 0.717) is 19.8 Å². The number of methoxy groups -OCH3 is 1. The molecule has 1 amide bonds. The van der Waals surface area contributed by atoms with Crippen molar-refractivity contribution in [3.05, 3.63) is 30.3 Å². The summed E-state index contributed by atoms with van der Waals surface area (Å²) in [6.45, 7) is 4.49. The molecule has 5 nitrogen and oxygen atoms in total. The zero-order valence-electron chi connectivity index (χ0n) is 12.2. The van der Waals surface area contributed by atoms with Gasteiger partial charge in [-0.15, -0.1) is 0 Å². The van der Waals surface area contributed by atoms with E-state index >= 15 is 0 Å². The van der Waals surface area contributed by atoms with Crippen LogP contribution < -0.4 is 10.6 Å². The molecular formula is C15H24N2O3. The van der Waals surface area contributed by atoms with Crippen LogP contribution in [0.15, 0.2) is 30.3 Å². The molecule has 0 radical (unpaired) electrons. The maximum Gasteiger partial charge on any atom is 0.241 e. The van der Waals surface area contributed by atoms with Gasteiger partial charge in [-0.05, 0) is 32.0 Å². The predicted molar refractivity (Wildman–Crippen MR) is 79.8 cm³/mol. The first-order chi connectivity index (χ1) is 9.74. The van der Waals surface area contributed by atoms with E-state index in [0.717, 1.165) is 18.7 Å². The van der Waals surface area contributed by atoms with Gasteiger partial charge in [-0.25, -0.2) is 0 Å². The van der Waals surface area contributed by atoms with Crippen LogP contribution in [0.2, 0.25) is 0 Å². The Morgan fingerprint density at radius 3 is 2.65 bits per heavy atom. The summed E-state index contributed by atoms with van der Waals surface area (Å²) in [6.07, 6.45) is 0.868. The Balaban J connectivity index is 2.10. The van der Waals surface area contributed by atoms with E-state index < -0.39 is 0 Å². The lowest BCUT2D eigenvalue weighted by Gasteiger charge is -2.14. The molecule has 0 aliphatic rings. The molecule has 0 heterocycles. The van der Waals surface area contributed by atoms with Gasteiger partial charge < -0.3 is 20.1 Å². The third-order valence-electron chi connectivity index (χ3n) is 2.78. The molecule has 5 heteroatoms. The summed E-state index contributed by atoms with van der Waals surface area (Å²) in [4.78, 5) is 11.9. The van der Waals surface area contributed by atoms with Crippen LogP contribution in [-0.4, -0.2) is 45.4 Å². The molecule has 0 aliphatic heterocycles. The van der Waals surface area contributed by atoms with Gasteiger partial charge in [0.25, 0.3) is 0 Å². The third-order valence-corrected chi connectivity index (χ3v) is 2.78. The van der Waals surface area contributed by atoms with Crippen molar-refractivity contribution in [1.29, 1.82) is 0 Å². The Hall–Kier alpha value is -1.43. The van der Waals surface area contributed by atoms with Crippen molar-refractivity contribution >= 4 is 11.6 Å². The minimum atomic E-state index is -0.228. The van der Waals surface area contributed by atoms with Gasteiger partial charge in [0.15, 0.2) is 0 Å². The summed E-state index contributed by atoms with van der Waals surface area (Å²) in [6, 6.07) is 9.22. The highest BCUT2D eigenvalue weighted by molar-refractivity contribution is 5.94. The van der Waals surface area contributed by atoms with Crippen LogP contribution in [0.1, 0.15) is 13.3 Å². The third kappa shape index (κ3) is 7.23. The Labute approximate surface area is 120 Å². The summed E-state index contributed by atoms with van der Waals surface area (Å²) in [5, 5.41) is 6.03. The fourth-order valence-corrected chi connectivity index (χ4v) is 1.60. The molecule has 0 aliphatic carbocycles. The number of amides is 1. The fourth-order valence-electron chi connectivity index (χ4n) is 1.60. The smallest absolute Gasteiger partial charge is 0.241 e. The topological polar surface area (TPSA) is 59.6 Å². The van der Waals surface area contributed by atoms with Gasteiger partial charge in [0, 0.05) is 19.4 Å². The number of rotatable bonds is 10. The predicted octanol–water partition coefficient (Wildman–Crippen LogP) is 1.66. The number of benzene rings is 1. The molecular weight excluding hydrogens is 256 g/mol. The molecule has 0 saturated carbocycles. The molecule has 0 fully saturated rings. The van der Waals surface area contributed by atoms with Crippen molar-refractivity contribution in [3.63, 3.8) is 0 Å². The monoisotopic (exact) mass is 280 g/mol. The summed E-state index contributed by atoms with van der Waals surface area (Å²) in [5.74, 6) is -0.0310. The van der Waals surface area contributed by atoms with Crippen LogP contribution in [-0.2, 0) is 14.3 Å². The molecule has 1 rings (SSSR count). The van der Waals surface area contributed by atoms with Gasteiger partial charge >= 0.3 is 0 Å². The number of para-hydroxylation sites is 1. The lowest BCUT2D eigenvalue weighted by atomic mass is 10.2. The van der Waals surface area contributed by atoms with Gasteiger partial charge in [-0.3, -0.25) is 4.79 Å². The molecule has 1 aromatic carbocycles. The van der Waals surface area contributed by atoms with E-state index in [1.54, 1.807) is 7.11 Å². The lowest BCUT2D eigenvalue weighted by Crippen LogP contribution is -2.38. The molecule has 1 unspecified atom stereocenters. The van der Waals surface area contributed by atoms with E-state index in [1.165, 1.54) is 0 Å². The Kier molecular flexibility index (Phi) is 8.62. The Bertz CT molecular complexity index is 371. The van der Waals surface area contributed by atoms with E-state index in [4.69, 9.17) is 9.47 Å². The van der Waals surface area contributed by atoms with Crippen molar-refractivity contribution in [3.8, 4) is 0 Å². The zero-order valence-corrected chi connectivity index (χ0v) is 12.2. The number of carbonyl (C=O) groups is 1. The zero-order chi connectivity index (χ0) is 14.6. The number of nitrogens with one attached hydrogen (secondary N) is 2. The van der Waals surface area contributed by atoms with Crippen LogP contribution in [0, 0.1) is 0 Å². The van der Waals surface area contributed by atoms with Crippen molar-refractivity contribution in [1.82, 2.24) is 5.32 Å². The molecule has 112 valence electrons. The second-order valence-electron chi connectivity index (χ2n) is 4.49. The van der Waals surface area contributed by atoms with Crippen LogP contribution in [0.4, 0.5) is 5.69 Å². The van der Waals surface area contributed by atoms with Crippen molar-refractivity contribution in [2.45, 2.75) is 19.4 Å². The Morgan fingerprint density at radius 2 is 1.95 bits per heavy atom. The summed E-state index contributed by atoms with van der Waals surface area (Å²) < 4.78 is 10.2. The largest absolute Gasteiger partial charge is 0.382 e. The first-order valence-electron chi connectivity index (χ1n) is 6.90. The maximum absolute atomic E-state index is 11.9. The van der Waals surface area contributed by atoms with Crippen molar-refractivity contribution in [2.75, 3.05) is 38.8 Å². The molecule has 0 saturated heterocycles. The minimum absolute atomic E-state index is 0.0310. The average molecular weight is 280 g/mol. The number of ether oxygens (including phenoxy) is 2. The lowest BCUT2D eigenvalue weighted by molar-refractivity contribution is -0.117. The minimum Gasteiger partial charge on any atom is -0.382 e. The second-order valence-corrected chi connectivity index (χ2v) is 4.49. The Morgan fingerprint density at radius 1 is 1.20 bits per heavy atom. The van der Waals surface area contributed by atoms with E-state index in [-0.39, 0.29) is 11.9 Å². The molecule has 0 bridgehead atoms. The second kappa shape index (κ2) is 10.4. The fraction of sp³-hybridized carbons (Fsp3) is 0.533. The average Bonchev–Trinajstić information content (AvgIpc) is 2.47. The highest BCUT2D eigenvalue weighted by Crippen LogP contribution is 2.05. The SMILES string of the molecule is COCCOCCCNC(C)C(=O)Nc1ccccc1. The van der Waals surface area contributed by atoms with Crippen LogP contribution in [0.3, 0.4) is 0 Å². The van der Waals surface area contributed by atoms with Crippen LogP contribution in [0.25, 0.3) is 0 Å². The van der Waals surface area contributed by atoms with E-state index in [2.05, 4.69) is 10.6 Å². The van der Waals surface area contributed by atoms with Gasteiger partial charge in [0.05, 0.1) is 19.3 Å². The van der Waals surface area contributed by atoms with E-state index in [1.807, 2.05) is 37.3 Å². The highest BCUT2D eigenvalue weighted by atomic mass is 16.5. The highest BCUT2D eigenvalue weighted by Gasteiger charge is 2.11. The number of hydrogen-bond donors (Lipinski definition) is 2. The molecule has 0 spiro atoms. The van der Waals surface area contributed by atoms with Crippen LogP contribution in [0.5, 0.6) is 0 Å². The molecule has 1 aromatic rings. The van der Waals surface area contributed by atoms with Crippen molar-refractivity contribution < 1.29 is 14.3 Å². The van der Waals surface area contributed by atoms with E-state index in [9.17, 15) is 4.79 Å². The number of anilines is 1. The molecule has 20 heavy (non-hydrogen) atoms. The molecule has 0 aromatic heterocycles. The standard InChI is InChI=1S/C15H24N2O3/c1-13(16-9-6-10-20-12-11-19-2)15(18)17-14-7-4-3-5-8-14/h3-5,7-8,13,16H,6,9-12H2,1-2H3,(H,17,18). The van der Waals surface area contributed by atoms with Crippen LogP contribution >= 0.6 is 0 Å². The van der Waals surface area contributed by atoms with Gasteiger partial charge in [0.2, 0.25) is 5.91 Å². The van der Waals surface area contributed by atoms with Gasteiger partial charge in [-0.1, -0.05) is 18.2 Å². The normalized spacial score (nSPS) is 12.1. The molecule has 1 atom stereocenters. The quantitative estimate of drug-likeness (QED) is 0.640.